The molecule has 2 rings (SSSR count). The molecule has 1 aliphatic carbocycles. The van der Waals surface area contributed by atoms with Crippen LogP contribution in [0.1, 0.15) is 41.6 Å². The number of nitrogens with one attached hydrogen (secondary N) is 1. The number of hydrogen-bond acceptors (Lipinski definition) is 2. The Hall–Kier alpha value is -0.480. The fourth-order valence-electron chi connectivity index (χ4n) is 2.56. The summed E-state index contributed by atoms with van der Waals surface area (Å²) >= 11 is 5.31. The summed E-state index contributed by atoms with van der Waals surface area (Å²) in [6.45, 7) is 0.785. The van der Waals surface area contributed by atoms with Crippen molar-refractivity contribution in [1.29, 1.82) is 0 Å². The lowest BCUT2D eigenvalue weighted by atomic mass is 10.1. The Bertz CT molecular complexity index is 426. The molecule has 0 aliphatic heterocycles. The Labute approximate surface area is 127 Å². The van der Waals surface area contributed by atoms with Gasteiger partial charge in [0.15, 0.2) is 0 Å². The average molecular weight is 342 g/mol. The van der Waals surface area contributed by atoms with Crippen LogP contribution in [0.2, 0.25) is 0 Å². The lowest BCUT2D eigenvalue weighted by Gasteiger charge is -2.26. The van der Waals surface area contributed by atoms with Crippen LogP contribution in [-0.4, -0.2) is 23.5 Å². The van der Waals surface area contributed by atoms with Crippen molar-refractivity contribution in [2.75, 3.05) is 12.8 Å². The summed E-state index contributed by atoms with van der Waals surface area (Å²) in [7, 11) is 0. The predicted molar refractivity (Wildman–Crippen MR) is 86.1 cm³/mol. The molecule has 1 aliphatic rings. The highest BCUT2D eigenvalue weighted by molar-refractivity contribution is 9.08. The minimum absolute atomic E-state index is 0.0430. The highest BCUT2D eigenvalue weighted by Gasteiger charge is 2.33. The van der Waals surface area contributed by atoms with E-state index in [0.29, 0.717) is 0 Å². The van der Waals surface area contributed by atoms with Gasteiger partial charge in [-0.2, -0.15) is 11.8 Å². The van der Waals surface area contributed by atoms with Gasteiger partial charge in [0.05, 0.1) is 0 Å². The van der Waals surface area contributed by atoms with E-state index in [1.165, 1.54) is 31.2 Å². The second-order valence-electron chi connectivity index (χ2n) is 5.11. The van der Waals surface area contributed by atoms with E-state index in [0.717, 1.165) is 17.4 Å². The summed E-state index contributed by atoms with van der Waals surface area (Å²) < 4.78 is 0.269. The first-order chi connectivity index (χ1) is 9.19. The lowest BCUT2D eigenvalue weighted by molar-refractivity contribution is 0.0949. The van der Waals surface area contributed by atoms with Crippen molar-refractivity contribution in [3.8, 4) is 0 Å². The first kappa shape index (κ1) is 14.9. The van der Waals surface area contributed by atoms with Crippen LogP contribution in [0.25, 0.3) is 0 Å². The highest BCUT2D eigenvalue weighted by Crippen LogP contribution is 2.39. The molecule has 1 aromatic rings. The van der Waals surface area contributed by atoms with Crippen LogP contribution < -0.4 is 5.32 Å². The molecule has 0 heterocycles. The quantitative estimate of drug-likeness (QED) is 0.820. The Kier molecular flexibility index (Phi) is 5.34. The molecule has 0 unspecified atom stereocenters. The Morgan fingerprint density at radius 2 is 1.95 bits per heavy atom. The molecule has 1 fully saturated rings. The topological polar surface area (TPSA) is 29.1 Å². The van der Waals surface area contributed by atoms with E-state index in [-0.39, 0.29) is 10.7 Å². The SMILES string of the molecule is CSC1(CNC(=O)c2ccc(CBr)cc2)CCCC1. The number of amides is 1. The zero-order valence-electron chi connectivity index (χ0n) is 11.2. The van der Waals surface area contributed by atoms with Crippen molar-refractivity contribution in [2.45, 2.75) is 35.8 Å². The molecule has 0 saturated heterocycles. The van der Waals surface area contributed by atoms with E-state index < -0.39 is 0 Å². The van der Waals surface area contributed by atoms with Gasteiger partial charge in [-0.25, -0.2) is 0 Å². The maximum Gasteiger partial charge on any atom is 0.251 e. The molecule has 0 bridgehead atoms. The number of benzene rings is 1. The van der Waals surface area contributed by atoms with Crippen LogP contribution in [0.4, 0.5) is 0 Å². The van der Waals surface area contributed by atoms with Crippen LogP contribution in [0.3, 0.4) is 0 Å². The second kappa shape index (κ2) is 6.80. The number of carbonyl (C=O) groups is 1. The van der Waals surface area contributed by atoms with Gasteiger partial charge in [-0.15, -0.1) is 0 Å². The average Bonchev–Trinajstić information content (AvgIpc) is 2.94. The van der Waals surface area contributed by atoms with Gasteiger partial charge in [-0.1, -0.05) is 40.9 Å². The van der Waals surface area contributed by atoms with E-state index >= 15 is 0 Å². The van der Waals surface area contributed by atoms with Gasteiger partial charge in [-0.3, -0.25) is 4.79 Å². The van der Waals surface area contributed by atoms with Gasteiger partial charge in [-0.05, 0) is 36.8 Å². The second-order valence-corrected chi connectivity index (χ2v) is 6.94. The summed E-state index contributed by atoms with van der Waals surface area (Å²) in [4.78, 5) is 12.1. The summed E-state index contributed by atoms with van der Waals surface area (Å²) in [5.41, 5.74) is 1.94. The van der Waals surface area contributed by atoms with Gasteiger partial charge in [0, 0.05) is 22.2 Å². The molecule has 4 heteroatoms. The predicted octanol–water partition coefficient (Wildman–Crippen LogP) is 3.99. The van der Waals surface area contributed by atoms with Crippen molar-refractivity contribution in [3.63, 3.8) is 0 Å². The smallest absolute Gasteiger partial charge is 0.251 e. The summed E-state index contributed by atoms with van der Waals surface area (Å²) in [6.07, 6.45) is 7.17. The molecule has 19 heavy (non-hydrogen) atoms. The van der Waals surface area contributed by atoms with Gasteiger partial charge in [0.1, 0.15) is 0 Å². The van der Waals surface area contributed by atoms with Gasteiger partial charge in [0.2, 0.25) is 0 Å². The lowest BCUT2D eigenvalue weighted by Crippen LogP contribution is -2.38. The minimum Gasteiger partial charge on any atom is -0.351 e. The van der Waals surface area contributed by atoms with E-state index in [4.69, 9.17) is 0 Å². The third-order valence-electron chi connectivity index (χ3n) is 3.89. The van der Waals surface area contributed by atoms with Crippen molar-refractivity contribution in [2.24, 2.45) is 0 Å². The van der Waals surface area contributed by atoms with Gasteiger partial charge in [0.25, 0.3) is 5.91 Å². The molecule has 0 atom stereocenters. The molecule has 1 aromatic carbocycles. The molecule has 1 amide bonds. The summed E-state index contributed by atoms with van der Waals surface area (Å²) in [6, 6.07) is 7.77. The number of halogens is 1. The van der Waals surface area contributed by atoms with Gasteiger partial charge >= 0.3 is 0 Å². The number of thioether (sulfide) groups is 1. The molecule has 1 saturated carbocycles. The van der Waals surface area contributed by atoms with Crippen LogP contribution >= 0.6 is 27.7 Å². The fraction of sp³-hybridized carbons (Fsp3) is 0.533. The van der Waals surface area contributed by atoms with Crippen molar-refractivity contribution in [3.05, 3.63) is 35.4 Å². The standard InChI is InChI=1S/C15H20BrNOS/c1-19-15(8-2-3-9-15)11-17-14(18)13-6-4-12(10-16)5-7-13/h4-7H,2-3,8-11H2,1H3,(H,17,18). The summed E-state index contributed by atoms with van der Waals surface area (Å²) in [5, 5.41) is 3.92. The Morgan fingerprint density at radius 3 is 2.47 bits per heavy atom. The zero-order valence-corrected chi connectivity index (χ0v) is 13.6. The zero-order chi connectivity index (χ0) is 13.7. The van der Waals surface area contributed by atoms with E-state index in [9.17, 15) is 4.79 Å². The van der Waals surface area contributed by atoms with Crippen LogP contribution in [0.15, 0.2) is 24.3 Å². The molecular weight excluding hydrogens is 322 g/mol. The normalized spacial score (nSPS) is 17.4. The van der Waals surface area contributed by atoms with E-state index in [1.54, 1.807) is 0 Å². The summed E-state index contributed by atoms with van der Waals surface area (Å²) in [5.74, 6) is 0.0430. The molecule has 0 spiro atoms. The largest absolute Gasteiger partial charge is 0.351 e. The first-order valence-electron chi connectivity index (χ1n) is 6.67. The first-order valence-corrected chi connectivity index (χ1v) is 9.02. The maximum absolute atomic E-state index is 12.1. The third kappa shape index (κ3) is 3.76. The van der Waals surface area contributed by atoms with E-state index in [1.807, 2.05) is 36.0 Å². The van der Waals surface area contributed by atoms with Crippen molar-refractivity contribution < 1.29 is 4.79 Å². The van der Waals surface area contributed by atoms with Crippen molar-refractivity contribution >= 4 is 33.6 Å². The highest BCUT2D eigenvalue weighted by atomic mass is 79.9. The fourth-order valence-corrected chi connectivity index (χ4v) is 3.85. The molecular formula is C15H20BrNOS. The van der Waals surface area contributed by atoms with Crippen molar-refractivity contribution in [1.82, 2.24) is 5.32 Å². The van der Waals surface area contributed by atoms with Crippen LogP contribution in [0.5, 0.6) is 0 Å². The van der Waals surface area contributed by atoms with E-state index in [2.05, 4.69) is 27.5 Å². The number of hydrogen-bond donors (Lipinski definition) is 1. The number of carbonyl (C=O) groups excluding carboxylic acids is 1. The van der Waals surface area contributed by atoms with Crippen LogP contribution in [-0.2, 0) is 5.33 Å². The Morgan fingerprint density at radius 1 is 1.32 bits per heavy atom. The Balaban J connectivity index is 1.93. The number of rotatable bonds is 5. The third-order valence-corrected chi connectivity index (χ3v) is 5.96. The van der Waals surface area contributed by atoms with Crippen LogP contribution in [0, 0.1) is 0 Å². The molecule has 0 aromatic heterocycles. The molecule has 1 N–H and O–H groups in total. The maximum atomic E-state index is 12.1. The molecule has 2 nitrogen and oxygen atoms in total. The monoisotopic (exact) mass is 341 g/mol. The number of alkyl halides is 1. The molecule has 0 radical (unpaired) electrons. The molecule has 104 valence electrons. The van der Waals surface area contributed by atoms with Gasteiger partial charge < -0.3 is 5.32 Å². The minimum atomic E-state index is 0.0430.